The van der Waals surface area contributed by atoms with Gasteiger partial charge in [0.2, 0.25) is 0 Å². The number of hydrogen-bond donors (Lipinski definition) is 1. The van der Waals surface area contributed by atoms with E-state index in [1.54, 1.807) is 0 Å². The maximum Gasteiger partial charge on any atom is 0.00793 e. The Morgan fingerprint density at radius 2 is 2.00 bits per heavy atom. The van der Waals surface area contributed by atoms with Crippen molar-refractivity contribution >= 4 is 0 Å². The standard InChI is InChI=1S/C11H24N2/c1-9(2)8-13(3)7-6-11(12)10-4-5-10/h9-11H,4-8,12H2,1-3H3. The number of nitrogens with zero attached hydrogens (tertiary/aromatic N) is 1. The average Bonchev–Trinajstić information content (AvgIpc) is 2.80. The summed E-state index contributed by atoms with van der Waals surface area (Å²) in [5, 5.41) is 0. The summed E-state index contributed by atoms with van der Waals surface area (Å²) in [5.74, 6) is 1.62. The predicted octanol–water partition coefficient (Wildman–Crippen LogP) is 1.70. The lowest BCUT2D eigenvalue weighted by Crippen LogP contribution is -2.31. The van der Waals surface area contributed by atoms with Gasteiger partial charge in [0, 0.05) is 12.6 Å². The van der Waals surface area contributed by atoms with Gasteiger partial charge in [-0.15, -0.1) is 0 Å². The van der Waals surface area contributed by atoms with Gasteiger partial charge in [-0.3, -0.25) is 0 Å². The maximum atomic E-state index is 6.03. The van der Waals surface area contributed by atoms with Crippen LogP contribution in [0.15, 0.2) is 0 Å². The molecular formula is C11H24N2. The summed E-state index contributed by atoms with van der Waals surface area (Å²) in [6.45, 7) is 6.88. The molecule has 0 heterocycles. The minimum absolute atomic E-state index is 0.467. The van der Waals surface area contributed by atoms with Gasteiger partial charge in [-0.1, -0.05) is 13.8 Å². The molecule has 2 nitrogen and oxygen atoms in total. The first-order valence-corrected chi connectivity index (χ1v) is 5.53. The topological polar surface area (TPSA) is 29.3 Å². The highest BCUT2D eigenvalue weighted by molar-refractivity contribution is 4.84. The summed E-state index contributed by atoms with van der Waals surface area (Å²) in [6.07, 6.45) is 3.91. The van der Waals surface area contributed by atoms with Gasteiger partial charge in [0.25, 0.3) is 0 Å². The molecule has 2 heteroatoms. The number of nitrogens with two attached hydrogens (primary N) is 1. The molecule has 1 aliphatic rings. The van der Waals surface area contributed by atoms with Crippen molar-refractivity contribution in [3.8, 4) is 0 Å². The Hall–Kier alpha value is -0.0800. The van der Waals surface area contributed by atoms with Gasteiger partial charge in [-0.25, -0.2) is 0 Å². The molecule has 0 amide bonds. The van der Waals surface area contributed by atoms with Crippen LogP contribution in [-0.4, -0.2) is 31.1 Å². The summed E-state index contributed by atoms with van der Waals surface area (Å²) < 4.78 is 0. The fourth-order valence-electron chi connectivity index (χ4n) is 1.84. The van der Waals surface area contributed by atoms with Crippen LogP contribution in [0.1, 0.15) is 33.1 Å². The van der Waals surface area contributed by atoms with Gasteiger partial charge in [0.15, 0.2) is 0 Å². The van der Waals surface area contributed by atoms with Crippen LogP contribution in [0.5, 0.6) is 0 Å². The largest absolute Gasteiger partial charge is 0.327 e. The second-order valence-corrected chi connectivity index (χ2v) is 4.95. The molecular weight excluding hydrogens is 160 g/mol. The van der Waals surface area contributed by atoms with E-state index < -0.39 is 0 Å². The second kappa shape index (κ2) is 4.97. The van der Waals surface area contributed by atoms with Gasteiger partial charge in [-0.05, 0) is 44.7 Å². The third kappa shape index (κ3) is 4.63. The molecule has 0 saturated heterocycles. The third-order valence-corrected chi connectivity index (χ3v) is 2.75. The zero-order valence-corrected chi connectivity index (χ0v) is 9.29. The van der Waals surface area contributed by atoms with E-state index in [1.807, 2.05) is 0 Å². The first kappa shape index (κ1) is 11.0. The van der Waals surface area contributed by atoms with Crippen molar-refractivity contribution in [2.75, 3.05) is 20.1 Å². The molecule has 0 radical (unpaired) electrons. The molecule has 78 valence electrons. The normalized spacial score (nSPS) is 19.8. The highest BCUT2D eigenvalue weighted by atomic mass is 15.1. The molecule has 13 heavy (non-hydrogen) atoms. The predicted molar refractivity (Wildman–Crippen MR) is 57.7 cm³/mol. The van der Waals surface area contributed by atoms with Crippen LogP contribution >= 0.6 is 0 Å². The van der Waals surface area contributed by atoms with Crippen molar-refractivity contribution in [1.82, 2.24) is 4.90 Å². The van der Waals surface area contributed by atoms with E-state index in [4.69, 9.17) is 5.73 Å². The molecule has 1 rings (SSSR count). The lowest BCUT2D eigenvalue weighted by molar-refractivity contribution is 0.280. The number of rotatable bonds is 6. The molecule has 0 spiro atoms. The molecule has 0 aromatic heterocycles. The van der Waals surface area contributed by atoms with Gasteiger partial charge in [0.05, 0.1) is 0 Å². The first-order valence-electron chi connectivity index (χ1n) is 5.53. The summed E-state index contributed by atoms with van der Waals surface area (Å²) in [5.41, 5.74) is 6.03. The Morgan fingerprint density at radius 3 is 2.46 bits per heavy atom. The van der Waals surface area contributed by atoms with E-state index in [9.17, 15) is 0 Å². The van der Waals surface area contributed by atoms with Gasteiger partial charge < -0.3 is 10.6 Å². The Morgan fingerprint density at radius 1 is 1.38 bits per heavy atom. The summed E-state index contributed by atoms with van der Waals surface area (Å²) in [6, 6.07) is 0.467. The van der Waals surface area contributed by atoms with Crippen LogP contribution in [0.3, 0.4) is 0 Å². The molecule has 1 aliphatic carbocycles. The van der Waals surface area contributed by atoms with E-state index in [0.29, 0.717) is 6.04 Å². The lowest BCUT2D eigenvalue weighted by Gasteiger charge is -2.20. The van der Waals surface area contributed by atoms with Crippen LogP contribution in [0.4, 0.5) is 0 Å². The minimum Gasteiger partial charge on any atom is -0.327 e. The third-order valence-electron chi connectivity index (χ3n) is 2.75. The SMILES string of the molecule is CC(C)CN(C)CCC(N)C1CC1. The van der Waals surface area contributed by atoms with Crippen LogP contribution in [0, 0.1) is 11.8 Å². The van der Waals surface area contributed by atoms with Crippen molar-refractivity contribution in [2.24, 2.45) is 17.6 Å². The van der Waals surface area contributed by atoms with Crippen molar-refractivity contribution in [2.45, 2.75) is 39.2 Å². The Bertz CT molecular complexity index is 141. The summed E-state index contributed by atoms with van der Waals surface area (Å²) in [4.78, 5) is 2.40. The van der Waals surface area contributed by atoms with Crippen molar-refractivity contribution in [3.63, 3.8) is 0 Å². The second-order valence-electron chi connectivity index (χ2n) is 4.95. The minimum atomic E-state index is 0.467. The van der Waals surface area contributed by atoms with Crippen LogP contribution in [0.2, 0.25) is 0 Å². The zero-order chi connectivity index (χ0) is 9.84. The van der Waals surface area contributed by atoms with Crippen molar-refractivity contribution in [3.05, 3.63) is 0 Å². The van der Waals surface area contributed by atoms with E-state index in [1.165, 1.54) is 25.8 Å². The molecule has 1 saturated carbocycles. The Kier molecular flexibility index (Phi) is 4.20. The lowest BCUT2D eigenvalue weighted by atomic mass is 10.1. The molecule has 1 fully saturated rings. The molecule has 0 aliphatic heterocycles. The monoisotopic (exact) mass is 184 g/mol. The summed E-state index contributed by atoms with van der Waals surface area (Å²) >= 11 is 0. The van der Waals surface area contributed by atoms with E-state index in [0.717, 1.165) is 18.4 Å². The number of hydrogen-bond acceptors (Lipinski definition) is 2. The molecule has 1 atom stereocenters. The molecule has 2 N–H and O–H groups in total. The summed E-state index contributed by atoms with van der Waals surface area (Å²) in [7, 11) is 2.19. The van der Waals surface area contributed by atoms with Gasteiger partial charge in [-0.2, -0.15) is 0 Å². The molecule has 0 bridgehead atoms. The highest BCUT2D eigenvalue weighted by Gasteiger charge is 2.28. The maximum absolute atomic E-state index is 6.03. The molecule has 0 aromatic carbocycles. The van der Waals surface area contributed by atoms with E-state index >= 15 is 0 Å². The van der Waals surface area contributed by atoms with E-state index in [2.05, 4.69) is 25.8 Å². The quantitative estimate of drug-likeness (QED) is 0.681. The average molecular weight is 184 g/mol. The van der Waals surface area contributed by atoms with Gasteiger partial charge >= 0.3 is 0 Å². The zero-order valence-electron chi connectivity index (χ0n) is 9.29. The Balaban J connectivity index is 2.03. The van der Waals surface area contributed by atoms with Crippen LogP contribution in [0.25, 0.3) is 0 Å². The van der Waals surface area contributed by atoms with Crippen LogP contribution in [-0.2, 0) is 0 Å². The Labute approximate surface area is 82.5 Å². The first-order chi connectivity index (χ1) is 6.09. The smallest absolute Gasteiger partial charge is 0.00793 e. The van der Waals surface area contributed by atoms with Crippen molar-refractivity contribution in [1.29, 1.82) is 0 Å². The van der Waals surface area contributed by atoms with Crippen LogP contribution < -0.4 is 5.73 Å². The van der Waals surface area contributed by atoms with Gasteiger partial charge in [0.1, 0.15) is 0 Å². The molecule has 1 unspecified atom stereocenters. The van der Waals surface area contributed by atoms with Crippen molar-refractivity contribution < 1.29 is 0 Å². The fraction of sp³-hybridized carbons (Fsp3) is 1.00. The molecule has 0 aromatic rings. The highest BCUT2D eigenvalue weighted by Crippen LogP contribution is 2.32. The van der Waals surface area contributed by atoms with E-state index in [-0.39, 0.29) is 0 Å². The fourth-order valence-corrected chi connectivity index (χ4v) is 1.84.